The first-order valence-electron chi connectivity index (χ1n) is 7.96. The Balaban J connectivity index is 1.52. The Morgan fingerprint density at radius 3 is 1.72 bits per heavy atom. The summed E-state index contributed by atoms with van der Waals surface area (Å²) in [7, 11) is 0. The van der Waals surface area contributed by atoms with E-state index < -0.39 is 0 Å². The molecule has 2 N–H and O–H groups in total. The van der Waals surface area contributed by atoms with E-state index in [1.807, 2.05) is 0 Å². The Kier molecular flexibility index (Phi) is 4.22. The molecule has 18 heavy (non-hydrogen) atoms. The summed E-state index contributed by atoms with van der Waals surface area (Å²) in [5.74, 6) is 2.83. The maximum absolute atomic E-state index is 3.42. The second kappa shape index (κ2) is 5.89. The Bertz CT molecular complexity index is 236. The van der Waals surface area contributed by atoms with Gasteiger partial charge in [0.05, 0.1) is 0 Å². The third kappa shape index (κ3) is 3.06. The summed E-state index contributed by atoms with van der Waals surface area (Å²) in [4.78, 5) is 2.85. The van der Waals surface area contributed by atoms with Crippen molar-refractivity contribution in [3.05, 3.63) is 0 Å². The molecular formula is C15H29N3. The zero-order valence-corrected chi connectivity index (χ0v) is 11.8. The molecule has 2 saturated heterocycles. The lowest BCUT2D eigenvalue weighted by atomic mass is 9.85. The van der Waals surface area contributed by atoms with E-state index in [1.165, 1.54) is 65.0 Å². The van der Waals surface area contributed by atoms with Gasteiger partial charge in [-0.15, -0.1) is 0 Å². The van der Waals surface area contributed by atoms with Crippen molar-refractivity contribution in [2.45, 2.75) is 38.6 Å². The Morgan fingerprint density at radius 2 is 1.33 bits per heavy atom. The zero-order valence-electron chi connectivity index (χ0n) is 11.8. The maximum Gasteiger partial charge on any atom is 0.00957 e. The first-order chi connectivity index (χ1) is 8.81. The van der Waals surface area contributed by atoms with Gasteiger partial charge in [0, 0.05) is 45.3 Å². The molecule has 3 fully saturated rings. The van der Waals surface area contributed by atoms with Crippen molar-refractivity contribution in [2.24, 2.45) is 17.8 Å². The average Bonchev–Trinajstić information content (AvgIpc) is 2.26. The van der Waals surface area contributed by atoms with Crippen LogP contribution in [0.25, 0.3) is 0 Å². The molecule has 3 aliphatic rings. The van der Waals surface area contributed by atoms with E-state index in [0.717, 1.165) is 23.8 Å². The Labute approximate surface area is 112 Å². The Morgan fingerprint density at radius 1 is 0.833 bits per heavy atom. The number of nitrogens with one attached hydrogen (secondary N) is 2. The van der Waals surface area contributed by atoms with E-state index in [-0.39, 0.29) is 0 Å². The van der Waals surface area contributed by atoms with Gasteiger partial charge >= 0.3 is 0 Å². The second-order valence-electron chi connectivity index (χ2n) is 6.92. The van der Waals surface area contributed by atoms with Crippen LogP contribution in [0, 0.1) is 17.8 Å². The lowest BCUT2D eigenvalue weighted by Gasteiger charge is -2.43. The molecule has 1 saturated carbocycles. The zero-order chi connectivity index (χ0) is 12.4. The summed E-state index contributed by atoms with van der Waals surface area (Å²) in [5.41, 5.74) is 0. The van der Waals surface area contributed by atoms with E-state index in [1.54, 1.807) is 0 Å². The highest BCUT2D eigenvalue weighted by Crippen LogP contribution is 2.28. The van der Waals surface area contributed by atoms with E-state index in [9.17, 15) is 0 Å². The first kappa shape index (κ1) is 12.9. The molecule has 104 valence electrons. The van der Waals surface area contributed by atoms with Crippen LogP contribution in [0.2, 0.25) is 0 Å². The van der Waals surface area contributed by atoms with Crippen molar-refractivity contribution in [3.63, 3.8) is 0 Å². The minimum absolute atomic E-state index is 0.891. The second-order valence-corrected chi connectivity index (χ2v) is 6.92. The van der Waals surface area contributed by atoms with Gasteiger partial charge in [-0.05, 0) is 43.4 Å². The number of nitrogens with zero attached hydrogens (tertiary/aromatic N) is 1. The van der Waals surface area contributed by atoms with Gasteiger partial charge < -0.3 is 10.6 Å². The summed E-state index contributed by atoms with van der Waals surface area (Å²) in [6.07, 6.45) is 5.79. The molecule has 0 aromatic carbocycles. The molecule has 1 aliphatic carbocycles. The van der Waals surface area contributed by atoms with Crippen LogP contribution >= 0.6 is 0 Å². The third-order valence-electron chi connectivity index (χ3n) is 5.22. The number of rotatable bonds is 5. The van der Waals surface area contributed by atoms with Crippen LogP contribution in [0.15, 0.2) is 0 Å². The van der Waals surface area contributed by atoms with Gasteiger partial charge in [-0.1, -0.05) is 6.92 Å². The van der Waals surface area contributed by atoms with E-state index in [4.69, 9.17) is 0 Å². The standard InChI is InChI=1S/C15H29N3/c1-12-2-4-15(5-3-12)18(10-13-6-16-7-13)11-14-8-17-9-14/h12-17H,2-11H2,1H3. The molecule has 0 radical (unpaired) electrons. The Hall–Kier alpha value is -0.120. The lowest BCUT2D eigenvalue weighted by molar-refractivity contribution is 0.0785. The molecule has 2 heterocycles. The van der Waals surface area contributed by atoms with Crippen molar-refractivity contribution in [1.29, 1.82) is 0 Å². The van der Waals surface area contributed by atoms with Gasteiger partial charge in [0.15, 0.2) is 0 Å². The fraction of sp³-hybridized carbons (Fsp3) is 1.00. The van der Waals surface area contributed by atoms with Gasteiger partial charge in [0.2, 0.25) is 0 Å². The highest BCUT2D eigenvalue weighted by Gasteiger charge is 2.30. The molecule has 0 bridgehead atoms. The molecule has 2 aliphatic heterocycles. The van der Waals surface area contributed by atoms with Crippen LogP contribution in [0.5, 0.6) is 0 Å². The average molecular weight is 251 g/mol. The molecule has 3 heteroatoms. The van der Waals surface area contributed by atoms with E-state index in [0.29, 0.717) is 0 Å². The van der Waals surface area contributed by atoms with Crippen molar-refractivity contribution in [2.75, 3.05) is 39.3 Å². The van der Waals surface area contributed by atoms with Crippen LogP contribution in [0.1, 0.15) is 32.6 Å². The number of hydrogen-bond acceptors (Lipinski definition) is 3. The third-order valence-corrected chi connectivity index (χ3v) is 5.22. The monoisotopic (exact) mass is 251 g/mol. The predicted octanol–water partition coefficient (Wildman–Crippen LogP) is 1.31. The van der Waals surface area contributed by atoms with Crippen LogP contribution in [-0.2, 0) is 0 Å². The van der Waals surface area contributed by atoms with Gasteiger partial charge in [0.25, 0.3) is 0 Å². The normalized spacial score (nSPS) is 34.3. The minimum atomic E-state index is 0.891. The van der Waals surface area contributed by atoms with Gasteiger partial charge in [-0.2, -0.15) is 0 Å². The van der Waals surface area contributed by atoms with Crippen LogP contribution in [-0.4, -0.2) is 50.2 Å². The van der Waals surface area contributed by atoms with E-state index >= 15 is 0 Å². The molecule has 0 unspecified atom stereocenters. The molecule has 0 atom stereocenters. The largest absolute Gasteiger partial charge is 0.316 e. The van der Waals surface area contributed by atoms with Gasteiger partial charge in [0.1, 0.15) is 0 Å². The molecule has 0 aromatic heterocycles. The summed E-state index contributed by atoms with van der Waals surface area (Å²) in [5, 5.41) is 6.84. The summed E-state index contributed by atoms with van der Waals surface area (Å²) in [6.45, 7) is 10.1. The molecule has 0 spiro atoms. The van der Waals surface area contributed by atoms with Crippen molar-refractivity contribution < 1.29 is 0 Å². The summed E-state index contributed by atoms with van der Waals surface area (Å²) >= 11 is 0. The molecule has 3 rings (SSSR count). The molecule has 0 amide bonds. The van der Waals surface area contributed by atoms with Gasteiger partial charge in [-0.25, -0.2) is 0 Å². The molecular weight excluding hydrogens is 222 g/mol. The van der Waals surface area contributed by atoms with Crippen molar-refractivity contribution >= 4 is 0 Å². The van der Waals surface area contributed by atoms with Crippen LogP contribution < -0.4 is 10.6 Å². The summed E-state index contributed by atoms with van der Waals surface area (Å²) in [6, 6.07) is 0.891. The topological polar surface area (TPSA) is 27.3 Å². The minimum Gasteiger partial charge on any atom is -0.316 e. The smallest absolute Gasteiger partial charge is 0.00957 e. The van der Waals surface area contributed by atoms with Crippen molar-refractivity contribution in [3.8, 4) is 0 Å². The summed E-state index contributed by atoms with van der Waals surface area (Å²) < 4.78 is 0. The number of hydrogen-bond donors (Lipinski definition) is 2. The van der Waals surface area contributed by atoms with Gasteiger partial charge in [-0.3, -0.25) is 4.90 Å². The van der Waals surface area contributed by atoms with Crippen molar-refractivity contribution in [1.82, 2.24) is 15.5 Å². The first-order valence-corrected chi connectivity index (χ1v) is 7.96. The van der Waals surface area contributed by atoms with E-state index in [2.05, 4.69) is 22.5 Å². The van der Waals surface area contributed by atoms with Crippen LogP contribution in [0.3, 0.4) is 0 Å². The SMILES string of the molecule is CC1CCC(N(CC2CNC2)CC2CNC2)CC1. The predicted molar refractivity (Wildman–Crippen MR) is 75.7 cm³/mol. The fourth-order valence-corrected chi connectivity index (χ4v) is 3.60. The maximum atomic E-state index is 3.42. The quantitative estimate of drug-likeness (QED) is 0.771. The molecule has 0 aromatic rings. The highest BCUT2D eigenvalue weighted by molar-refractivity contribution is 4.87. The molecule has 3 nitrogen and oxygen atoms in total. The highest BCUT2D eigenvalue weighted by atomic mass is 15.2. The fourth-order valence-electron chi connectivity index (χ4n) is 3.60. The lowest BCUT2D eigenvalue weighted by Crippen LogP contribution is -2.55. The van der Waals surface area contributed by atoms with Crippen LogP contribution in [0.4, 0.5) is 0 Å².